The minimum absolute atomic E-state index is 0.0519. The van der Waals surface area contributed by atoms with Crippen molar-refractivity contribution in [1.82, 2.24) is 9.55 Å². The van der Waals surface area contributed by atoms with E-state index >= 15 is 4.39 Å². The summed E-state index contributed by atoms with van der Waals surface area (Å²) in [6, 6.07) is 0.570. The van der Waals surface area contributed by atoms with Gasteiger partial charge in [-0.25, -0.2) is 14.2 Å². The number of pyridine rings is 2. The number of carboxylic acid groups (broad SMARTS) is 1. The number of hydrogen-bond donors (Lipinski definition) is 3. The number of rotatable bonds is 7. The van der Waals surface area contributed by atoms with Gasteiger partial charge in [-0.1, -0.05) is 5.16 Å². The topological polar surface area (TPSA) is 177 Å². The van der Waals surface area contributed by atoms with E-state index in [0.717, 1.165) is 6.07 Å². The number of aromatic carboxylic acids is 1. The summed E-state index contributed by atoms with van der Waals surface area (Å²) in [4.78, 5) is 35.5. The number of nitrogens with two attached hydrogens (primary N) is 1. The van der Waals surface area contributed by atoms with Gasteiger partial charge in [-0.15, -0.1) is 0 Å². The Morgan fingerprint density at radius 1 is 1.42 bits per heavy atom. The van der Waals surface area contributed by atoms with Crippen molar-refractivity contribution in [1.29, 1.82) is 0 Å². The van der Waals surface area contributed by atoms with E-state index in [2.05, 4.69) is 10.1 Å². The molecule has 2 aliphatic rings. The molecule has 2 fully saturated rings. The summed E-state index contributed by atoms with van der Waals surface area (Å²) < 4.78 is 49.1. The Morgan fingerprint density at radius 2 is 2.12 bits per heavy atom. The molecule has 0 spiro atoms. The lowest BCUT2D eigenvalue weighted by molar-refractivity contribution is 0.0693. The Hall–Kier alpha value is -3.10. The highest BCUT2D eigenvalue weighted by Gasteiger charge is 2.36. The molecule has 1 atom stereocenters. The van der Waals surface area contributed by atoms with E-state index in [9.17, 15) is 27.7 Å². The summed E-state index contributed by atoms with van der Waals surface area (Å²) >= 11 is 0. The molecule has 33 heavy (non-hydrogen) atoms. The van der Waals surface area contributed by atoms with Crippen LogP contribution in [-0.4, -0.2) is 66.1 Å². The Bertz CT molecular complexity index is 1340. The van der Waals surface area contributed by atoms with Crippen LogP contribution < -0.4 is 16.1 Å². The monoisotopic (exact) mass is 483 g/mol. The van der Waals surface area contributed by atoms with Gasteiger partial charge in [-0.05, 0) is 18.9 Å². The number of carbonyl (C=O) groups is 1. The summed E-state index contributed by atoms with van der Waals surface area (Å²) in [5.41, 5.74) is 4.02. The van der Waals surface area contributed by atoms with Gasteiger partial charge in [0.25, 0.3) is 10.1 Å². The van der Waals surface area contributed by atoms with E-state index in [1.807, 2.05) is 0 Å². The highest BCUT2D eigenvalue weighted by atomic mass is 32.2. The van der Waals surface area contributed by atoms with Crippen molar-refractivity contribution < 1.29 is 32.1 Å². The molecule has 0 unspecified atom stereocenters. The third-order valence-corrected chi connectivity index (χ3v) is 6.36. The van der Waals surface area contributed by atoms with Crippen molar-refractivity contribution in [3.05, 3.63) is 33.4 Å². The third kappa shape index (κ3) is 4.28. The maximum Gasteiger partial charge on any atom is 0.341 e. The molecular weight excluding hydrogens is 461 g/mol. The number of oxime groups is 1. The quantitative estimate of drug-likeness (QED) is 0.368. The molecule has 14 heteroatoms. The highest BCUT2D eigenvalue weighted by molar-refractivity contribution is 7.85. The van der Waals surface area contributed by atoms with Crippen LogP contribution in [-0.2, 0) is 20.7 Å². The van der Waals surface area contributed by atoms with Gasteiger partial charge in [0.1, 0.15) is 24.1 Å². The van der Waals surface area contributed by atoms with Gasteiger partial charge >= 0.3 is 5.97 Å². The molecule has 1 aliphatic heterocycles. The lowest BCUT2D eigenvalue weighted by Crippen LogP contribution is -2.28. The lowest BCUT2D eigenvalue weighted by atomic mass is 10.1. The van der Waals surface area contributed by atoms with Crippen molar-refractivity contribution in [2.75, 3.05) is 31.6 Å². The molecule has 0 amide bonds. The van der Waals surface area contributed by atoms with E-state index in [1.54, 1.807) is 4.90 Å². The largest absolute Gasteiger partial charge is 0.477 e. The molecule has 4 N–H and O–H groups in total. The molecule has 3 heterocycles. The summed E-state index contributed by atoms with van der Waals surface area (Å²) in [7, 11) is -3.31. The SMILES string of the molecule is CON=C1CN(c2nc3c(cc2F)c(=O)c(C(=O)O)c(CS(=O)(=O)O)n3C2CC2)C[C@H]1CN. The van der Waals surface area contributed by atoms with Gasteiger partial charge in [-0.2, -0.15) is 8.42 Å². The van der Waals surface area contributed by atoms with Crippen molar-refractivity contribution in [3.8, 4) is 0 Å². The number of nitrogens with zero attached hydrogens (tertiary/aromatic N) is 4. The zero-order valence-corrected chi connectivity index (χ0v) is 18.4. The maximum atomic E-state index is 15.1. The summed E-state index contributed by atoms with van der Waals surface area (Å²) in [5.74, 6) is -3.94. The predicted molar refractivity (Wildman–Crippen MR) is 116 cm³/mol. The van der Waals surface area contributed by atoms with Crippen molar-refractivity contribution in [2.24, 2.45) is 16.8 Å². The van der Waals surface area contributed by atoms with Gasteiger partial charge in [0.2, 0.25) is 5.43 Å². The summed E-state index contributed by atoms with van der Waals surface area (Å²) in [5, 5.41) is 13.2. The van der Waals surface area contributed by atoms with Crippen molar-refractivity contribution in [3.63, 3.8) is 0 Å². The Labute approximate surface area is 187 Å². The first-order chi connectivity index (χ1) is 15.6. The van der Waals surface area contributed by atoms with E-state index in [-0.39, 0.29) is 48.4 Å². The van der Waals surface area contributed by atoms with Gasteiger partial charge in [0.15, 0.2) is 11.6 Å². The zero-order valence-electron chi connectivity index (χ0n) is 17.6. The predicted octanol–water partition coefficient (Wildman–Crippen LogP) is 0.354. The molecule has 1 aliphatic carbocycles. The van der Waals surface area contributed by atoms with Crippen LogP contribution in [0.1, 0.15) is 34.9 Å². The second kappa shape index (κ2) is 8.35. The van der Waals surface area contributed by atoms with Gasteiger partial charge in [0.05, 0.1) is 23.3 Å². The first-order valence-electron chi connectivity index (χ1n) is 10.1. The first-order valence-corrected chi connectivity index (χ1v) is 11.7. The smallest absolute Gasteiger partial charge is 0.341 e. The van der Waals surface area contributed by atoms with E-state index in [4.69, 9.17) is 10.6 Å². The number of anilines is 1. The fraction of sp³-hybridized carbons (Fsp3) is 0.474. The fourth-order valence-electron chi connectivity index (χ4n) is 4.17. The zero-order chi connectivity index (χ0) is 24.1. The van der Waals surface area contributed by atoms with Crippen LogP contribution in [0.2, 0.25) is 0 Å². The first kappa shape index (κ1) is 23.1. The second-order valence-electron chi connectivity index (χ2n) is 8.03. The number of fused-ring (bicyclic) bond motifs is 1. The molecule has 0 bridgehead atoms. The van der Waals surface area contributed by atoms with Crippen LogP contribution >= 0.6 is 0 Å². The van der Waals surface area contributed by atoms with Gasteiger partial charge < -0.3 is 25.1 Å². The van der Waals surface area contributed by atoms with E-state index < -0.39 is 44.3 Å². The average Bonchev–Trinajstić information content (AvgIpc) is 3.47. The highest BCUT2D eigenvalue weighted by Crippen LogP contribution is 2.39. The van der Waals surface area contributed by atoms with Gasteiger partial charge in [0, 0.05) is 25.0 Å². The lowest BCUT2D eigenvalue weighted by Gasteiger charge is -2.21. The molecule has 0 radical (unpaired) electrons. The van der Waals surface area contributed by atoms with Crippen LogP contribution in [0.25, 0.3) is 11.0 Å². The average molecular weight is 483 g/mol. The fourth-order valence-corrected chi connectivity index (χ4v) is 4.80. The molecule has 12 nitrogen and oxygen atoms in total. The van der Waals surface area contributed by atoms with Crippen LogP contribution in [0.5, 0.6) is 0 Å². The minimum atomic E-state index is -4.68. The van der Waals surface area contributed by atoms with Gasteiger partial charge in [-0.3, -0.25) is 9.35 Å². The normalized spacial score (nSPS) is 20.1. The second-order valence-corrected chi connectivity index (χ2v) is 9.48. The van der Waals surface area contributed by atoms with E-state index in [1.165, 1.54) is 11.7 Å². The summed E-state index contributed by atoms with van der Waals surface area (Å²) in [6.07, 6.45) is 1.15. The summed E-state index contributed by atoms with van der Waals surface area (Å²) in [6.45, 7) is 0.692. The molecule has 0 aromatic carbocycles. The van der Waals surface area contributed by atoms with Crippen LogP contribution in [0.15, 0.2) is 16.0 Å². The number of aromatic nitrogens is 2. The Kier molecular flexibility index (Phi) is 5.84. The van der Waals surface area contributed by atoms with Crippen molar-refractivity contribution >= 4 is 38.7 Å². The van der Waals surface area contributed by atoms with Crippen molar-refractivity contribution in [2.45, 2.75) is 24.6 Å². The van der Waals surface area contributed by atoms with Crippen LogP contribution in [0, 0.1) is 11.7 Å². The van der Waals surface area contributed by atoms with Crippen LogP contribution in [0.3, 0.4) is 0 Å². The molecule has 1 saturated carbocycles. The number of halogens is 1. The van der Waals surface area contributed by atoms with E-state index in [0.29, 0.717) is 18.6 Å². The standard InChI is InChI=1S/C19H22FN5O7S/c1-32-23-13-7-24(6-9(13)5-21)18-12(20)4-11-16(26)15(19(27)28)14(8-33(29,30)31)25(10-2-3-10)17(11)22-18/h4,9-10H,2-3,5-8,21H2,1H3,(H,27,28)(H,29,30,31)/t9-/m1/s1. The Morgan fingerprint density at radius 3 is 2.67 bits per heavy atom. The Balaban J connectivity index is 1.98. The molecular formula is C19H22FN5O7S. The number of carboxylic acids is 1. The molecule has 2 aromatic heterocycles. The molecule has 4 rings (SSSR count). The molecule has 2 aromatic rings. The third-order valence-electron chi connectivity index (χ3n) is 5.72. The number of hydrogen-bond acceptors (Lipinski definition) is 9. The molecule has 1 saturated heterocycles. The van der Waals surface area contributed by atoms with Crippen LogP contribution in [0.4, 0.5) is 10.2 Å². The maximum absolute atomic E-state index is 15.1. The minimum Gasteiger partial charge on any atom is -0.477 e. The molecule has 178 valence electrons.